The molecule has 1 aromatic rings. The van der Waals surface area contributed by atoms with Crippen LogP contribution in [0, 0.1) is 0 Å². The van der Waals surface area contributed by atoms with Gasteiger partial charge in [-0.15, -0.1) is 0 Å². The lowest BCUT2D eigenvalue weighted by atomic mass is 10.0. The first-order chi connectivity index (χ1) is 13.1. The molecule has 0 aliphatic heterocycles. The molecule has 0 aliphatic carbocycles. The Bertz CT molecular complexity index is 504. The van der Waals surface area contributed by atoms with Crippen LogP contribution in [-0.4, -0.2) is 22.2 Å². The highest BCUT2D eigenvalue weighted by atomic mass is 16.3. The highest BCUT2D eigenvalue weighted by molar-refractivity contribution is 5.92. The number of unbranched alkanes of at least 4 members (excludes halogenated alkanes) is 10. The van der Waals surface area contributed by atoms with Crippen LogP contribution in [0.5, 0.6) is 5.75 Å². The molecular weight excluding hydrogens is 338 g/mol. The third-order valence-electron chi connectivity index (χ3n) is 5.02. The number of anilines is 1. The quantitative estimate of drug-likeness (QED) is 0.238. The summed E-state index contributed by atoms with van der Waals surface area (Å²) in [4.78, 5) is 11.9. The zero-order chi connectivity index (χ0) is 19.7. The van der Waals surface area contributed by atoms with Gasteiger partial charge in [-0.05, 0) is 25.0 Å². The fourth-order valence-corrected chi connectivity index (χ4v) is 3.28. The number of phenolic OH excluding ortho intramolecular Hbond substituents is 1. The summed E-state index contributed by atoms with van der Waals surface area (Å²) in [5.41, 5.74) is 0.419. The predicted octanol–water partition coefficient (Wildman–Crippen LogP) is 6.17. The second-order valence-corrected chi connectivity index (χ2v) is 7.58. The number of para-hydroxylation sites is 2. The van der Waals surface area contributed by atoms with E-state index in [2.05, 4.69) is 12.2 Å². The predicted molar refractivity (Wildman–Crippen MR) is 113 cm³/mol. The van der Waals surface area contributed by atoms with Crippen LogP contribution in [0.15, 0.2) is 24.3 Å². The van der Waals surface area contributed by atoms with Crippen molar-refractivity contribution in [2.45, 2.75) is 103 Å². The van der Waals surface area contributed by atoms with Crippen LogP contribution in [0.4, 0.5) is 5.69 Å². The molecule has 1 aromatic carbocycles. The summed E-state index contributed by atoms with van der Waals surface area (Å²) < 4.78 is 0. The highest BCUT2D eigenvalue weighted by Gasteiger charge is 2.10. The van der Waals surface area contributed by atoms with E-state index in [0.29, 0.717) is 12.1 Å². The number of nitrogens with one attached hydrogen (secondary N) is 1. The van der Waals surface area contributed by atoms with E-state index in [1.165, 1.54) is 63.9 Å². The first kappa shape index (κ1) is 23.5. The molecule has 1 unspecified atom stereocenters. The van der Waals surface area contributed by atoms with Crippen molar-refractivity contribution in [1.82, 2.24) is 0 Å². The third-order valence-corrected chi connectivity index (χ3v) is 5.02. The van der Waals surface area contributed by atoms with E-state index in [1.807, 2.05) is 0 Å². The Hall–Kier alpha value is -1.55. The summed E-state index contributed by atoms with van der Waals surface area (Å²) in [6, 6.07) is 6.67. The van der Waals surface area contributed by atoms with Gasteiger partial charge in [0.15, 0.2) is 0 Å². The first-order valence-corrected chi connectivity index (χ1v) is 10.9. The number of aromatic hydroxyl groups is 1. The van der Waals surface area contributed by atoms with Crippen LogP contribution in [0.2, 0.25) is 0 Å². The summed E-state index contributed by atoms with van der Waals surface area (Å²) >= 11 is 0. The fraction of sp³-hybridized carbons (Fsp3) is 0.696. The Balaban J connectivity index is 1.94. The number of hydrogen-bond donors (Lipinski definition) is 3. The Morgan fingerprint density at radius 1 is 0.889 bits per heavy atom. The lowest BCUT2D eigenvalue weighted by Crippen LogP contribution is -2.15. The zero-order valence-corrected chi connectivity index (χ0v) is 17.1. The largest absolute Gasteiger partial charge is 0.506 e. The number of benzene rings is 1. The van der Waals surface area contributed by atoms with E-state index in [1.54, 1.807) is 18.2 Å². The Kier molecular flexibility index (Phi) is 13.5. The maximum Gasteiger partial charge on any atom is 0.224 e. The van der Waals surface area contributed by atoms with Gasteiger partial charge in [0, 0.05) is 6.42 Å². The molecule has 0 saturated heterocycles. The number of aliphatic hydroxyl groups excluding tert-OH is 1. The molecule has 4 nitrogen and oxygen atoms in total. The van der Waals surface area contributed by atoms with E-state index in [4.69, 9.17) is 0 Å². The number of carbonyl (C=O) groups excluding carboxylic acids is 1. The van der Waals surface area contributed by atoms with E-state index in [-0.39, 0.29) is 18.1 Å². The standard InChI is InChI=1S/C23H39NO3/c1-2-3-4-5-6-7-8-9-10-11-12-15-20(25)18-19-23(27)24-21-16-13-14-17-22(21)26/h13-14,16-17,20,25-26H,2-12,15,18-19H2,1H3,(H,24,27). The number of aliphatic hydroxyl groups is 1. The molecule has 0 spiro atoms. The molecule has 0 radical (unpaired) electrons. The topological polar surface area (TPSA) is 69.6 Å². The molecule has 154 valence electrons. The minimum atomic E-state index is -0.418. The summed E-state index contributed by atoms with van der Waals surface area (Å²) in [5.74, 6) is -0.109. The molecule has 4 heteroatoms. The molecule has 1 atom stereocenters. The van der Waals surface area contributed by atoms with Gasteiger partial charge in [-0.25, -0.2) is 0 Å². The lowest BCUT2D eigenvalue weighted by molar-refractivity contribution is -0.116. The van der Waals surface area contributed by atoms with Crippen molar-refractivity contribution < 1.29 is 15.0 Å². The van der Waals surface area contributed by atoms with Crippen LogP contribution < -0.4 is 5.32 Å². The molecule has 1 amide bonds. The molecule has 0 saturated carbocycles. The zero-order valence-electron chi connectivity index (χ0n) is 17.1. The fourth-order valence-electron chi connectivity index (χ4n) is 3.28. The Labute approximate surface area is 165 Å². The van der Waals surface area contributed by atoms with Gasteiger partial charge in [-0.1, -0.05) is 89.7 Å². The summed E-state index contributed by atoms with van der Waals surface area (Å²) in [6.45, 7) is 2.25. The van der Waals surface area contributed by atoms with Gasteiger partial charge in [0.2, 0.25) is 5.91 Å². The van der Waals surface area contributed by atoms with Crippen molar-refractivity contribution in [1.29, 1.82) is 0 Å². The highest BCUT2D eigenvalue weighted by Crippen LogP contribution is 2.22. The second kappa shape index (κ2) is 15.5. The molecular formula is C23H39NO3. The normalized spacial score (nSPS) is 12.1. The minimum absolute atomic E-state index is 0.0624. The van der Waals surface area contributed by atoms with Crippen LogP contribution in [-0.2, 0) is 4.79 Å². The van der Waals surface area contributed by atoms with E-state index < -0.39 is 6.10 Å². The van der Waals surface area contributed by atoms with E-state index in [9.17, 15) is 15.0 Å². The van der Waals surface area contributed by atoms with Crippen molar-refractivity contribution >= 4 is 11.6 Å². The Morgan fingerprint density at radius 2 is 1.44 bits per heavy atom. The minimum Gasteiger partial charge on any atom is -0.506 e. The Morgan fingerprint density at radius 3 is 2.04 bits per heavy atom. The van der Waals surface area contributed by atoms with Crippen LogP contribution in [0.1, 0.15) is 96.8 Å². The van der Waals surface area contributed by atoms with Crippen LogP contribution >= 0.6 is 0 Å². The van der Waals surface area contributed by atoms with Gasteiger partial charge in [-0.3, -0.25) is 4.79 Å². The van der Waals surface area contributed by atoms with Crippen molar-refractivity contribution in [3.63, 3.8) is 0 Å². The van der Waals surface area contributed by atoms with E-state index in [0.717, 1.165) is 19.3 Å². The first-order valence-electron chi connectivity index (χ1n) is 10.9. The summed E-state index contributed by atoms with van der Waals surface area (Å²) in [7, 11) is 0. The van der Waals surface area contributed by atoms with Crippen molar-refractivity contribution in [3.8, 4) is 5.75 Å². The molecule has 0 fully saturated rings. The molecule has 0 heterocycles. The van der Waals surface area contributed by atoms with Gasteiger partial charge in [0.1, 0.15) is 5.75 Å². The average Bonchev–Trinajstić information content (AvgIpc) is 2.66. The maximum absolute atomic E-state index is 11.9. The SMILES string of the molecule is CCCCCCCCCCCCCC(O)CCC(=O)Nc1ccccc1O. The average molecular weight is 378 g/mol. The number of carbonyl (C=O) groups is 1. The van der Waals surface area contributed by atoms with E-state index >= 15 is 0 Å². The smallest absolute Gasteiger partial charge is 0.224 e. The van der Waals surface area contributed by atoms with Crippen LogP contribution in [0.25, 0.3) is 0 Å². The number of hydrogen-bond acceptors (Lipinski definition) is 3. The molecule has 3 N–H and O–H groups in total. The summed E-state index contributed by atoms with van der Waals surface area (Å²) in [6.07, 6.45) is 15.4. The monoisotopic (exact) mass is 377 g/mol. The summed E-state index contributed by atoms with van der Waals surface area (Å²) in [5, 5.41) is 22.4. The van der Waals surface area contributed by atoms with Crippen molar-refractivity contribution in [3.05, 3.63) is 24.3 Å². The second-order valence-electron chi connectivity index (χ2n) is 7.58. The number of phenols is 1. The van der Waals surface area contributed by atoms with Crippen molar-refractivity contribution in [2.24, 2.45) is 0 Å². The van der Waals surface area contributed by atoms with Crippen LogP contribution in [0.3, 0.4) is 0 Å². The maximum atomic E-state index is 11.9. The number of amides is 1. The van der Waals surface area contributed by atoms with Gasteiger partial charge in [-0.2, -0.15) is 0 Å². The molecule has 1 rings (SSSR count). The third kappa shape index (κ3) is 12.5. The van der Waals surface area contributed by atoms with Crippen molar-refractivity contribution in [2.75, 3.05) is 5.32 Å². The molecule has 0 aromatic heterocycles. The molecule has 0 aliphatic rings. The molecule has 0 bridgehead atoms. The lowest BCUT2D eigenvalue weighted by Gasteiger charge is -2.11. The van der Waals surface area contributed by atoms with Gasteiger partial charge >= 0.3 is 0 Å². The number of rotatable bonds is 16. The van der Waals surface area contributed by atoms with Gasteiger partial charge < -0.3 is 15.5 Å². The van der Waals surface area contributed by atoms with Gasteiger partial charge in [0.05, 0.1) is 11.8 Å². The van der Waals surface area contributed by atoms with Gasteiger partial charge in [0.25, 0.3) is 0 Å². The molecule has 27 heavy (non-hydrogen) atoms.